The Hall–Kier alpha value is -12.4. The van der Waals surface area contributed by atoms with Crippen molar-refractivity contribution in [3.8, 4) is 0 Å². The molecule has 110 heavy (non-hydrogen) atoms. The molecule has 0 saturated carbocycles. The number of nitrogens with two attached hydrogens (primary N) is 21. The maximum Gasteiger partial charge on any atom is 0.243 e. The van der Waals surface area contributed by atoms with E-state index in [4.69, 9.17) is 120 Å². The Bertz CT molecular complexity index is 3170. The first kappa shape index (κ1) is 97.6. The van der Waals surface area contributed by atoms with Crippen molar-refractivity contribution in [2.24, 2.45) is 170 Å². The van der Waals surface area contributed by atoms with Gasteiger partial charge in [-0.05, 0) is 128 Å². The molecule has 0 rings (SSSR count). The van der Waals surface area contributed by atoms with Crippen LogP contribution in [-0.2, 0) is 47.9 Å². The molecule has 0 aromatic carbocycles. The molecule has 0 heterocycles. The Labute approximate surface area is 637 Å². The maximum absolute atomic E-state index is 15.0. The third-order valence-corrected chi connectivity index (χ3v) is 15.4. The highest BCUT2D eigenvalue weighted by molar-refractivity contribution is 5.99. The van der Waals surface area contributed by atoms with Crippen LogP contribution in [0.3, 0.4) is 0 Å². The fourth-order valence-corrected chi connectivity index (χ4v) is 9.99. The van der Waals surface area contributed by atoms with Crippen LogP contribution < -0.4 is 168 Å². The van der Waals surface area contributed by atoms with Crippen LogP contribution in [0.25, 0.3) is 0 Å². The van der Waals surface area contributed by atoms with E-state index in [9.17, 15) is 47.9 Å². The first-order valence-corrected chi connectivity index (χ1v) is 35.4. The molecule has 0 aliphatic rings. The van der Waals surface area contributed by atoms with Crippen molar-refractivity contribution < 1.29 is 47.9 Å². The van der Waals surface area contributed by atoms with Gasteiger partial charge in [0, 0.05) is 65.4 Å². The predicted octanol–water partition coefficient (Wildman–Crippen LogP) is -14.6. The number of nitrogens with zero attached hydrogens (tertiary/aromatic N) is 10. The summed E-state index contributed by atoms with van der Waals surface area (Å²) in [6.07, 6.45) is 0.208. The fourth-order valence-electron chi connectivity index (χ4n) is 9.99. The van der Waals surface area contributed by atoms with Gasteiger partial charge < -0.3 is 173 Å². The van der Waals surface area contributed by atoms with E-state index in [1.165, 1.54) is 0 Å². The molecule has 10 atom stereocenters. The number of rotatable bonds is 59. The highest BCUT2D eigenvalue weighted by Gasteiger charge is 2.36. The topological polar surface area (TPSA) is 949 Å². The molecule has 50 heteroatoms. The summed E-state index contributed by atoms with van der Waals surface area (Å²) in [5.41, 5.74) is 117. The van der Waals surface area contributed by atoms with Gasteiger partial charge in [0.05, 0.1) is 12.1 Å². The van der Waals surface area contributed by atoms with E-state index in [2.05, 4.69) is 97.8 Å². The molecule has 622 valence electrons. The zero-order valence-corrected chi connectivity index (χ0v) is 62.2. The van der Waals surface area contributed by atoms with Gasteiger partial charge in [-0.1, -0.05) is 0 Å². The average Bonchev–Trinajstić information content (AvgIpc) is 0.859. The highest BCUT2D eigenvalue weighted by Crippen LogP contribution is 2.13. The van der Waals surface area contributed by atoms with Gasteiger partial charge in [0.25, 0.3) is 0 Å². The molecule has 0 unspecified atom stereocenters. The van der Waals surface area contributed by atoms with Crippen molar-refractivity contribution >= 4 is 119 Å². The Morgan fingerprint density at radius 2 is 0.345 bits per heavy atom. The van der Waals surface area contributed by atoms with Crippen LogP contribution in [0.1, 0.15) is 128 Å². The van der Waals surface area contributed by atoms with Gasteiger partial charge in [0.1, 0.15) is 54.6 Å². The van der Waals surface area contributed by atoms with Crippen LogP contribution in [0.5, 0.6) is 0 Å². The highest BCUT2D eigenvalue weighted by atomic mass is 16.2. The van der Waals surface area contributed by atoms with Gasteiger partial charge in [-0.25, -0.2) is 0 Å². The number of hydrogen-bond donors (Lipinski definition) is 30. The number of nitrogens with one attached hydrogen (secondary N) is 9. The van der Waals surface area contributed by atoms with E-state index < -0.39 is 114 Å². The lowest BCUT2D eigenvalue weighted by Gasteiger charge is -2.28. The summed E-state index contributed by atoms with van der Waals surface area (Å²) < 4.78 is 0. The second-order valence-corrected chi connectivity index (χ2v) is 24.8. The summed E-state index contributed by atoms with van der Waals surface area (Å²) in [6, 6.07) is -14.2. The van der Waals surface area contributed by atoms with Gasteiger partial charge in [-0.3, -0.25) is 93.1 Å². The number of aliphatic imine (C=N–C) groups is 10. The molecule has 0 radical (unpaired) electrons. The average molecular weight is 1560 g/mol. The first-order chi connectivity index (χ1) is 51.9. The van der Waals surface area contributed by atoms with E-state index in [0.717, 1.165) is 0 Å². The standard InChI is InChI=1S/C60H122N40O10/c61-33(12-2-22-83-52(64)65)42(102)93-35(14-4-24-85-54(68)69)44(104)95-37(16-6-26-87-56(72)73)46(106)97-39(18-8-28-89-58(76)77)48(108)99-41(20-10-30-91-60(80)81)50(110)100-40(19-9-29-90-59(78)79)49(109)98-38(17-7-27-88-57(74)75)47(107)96-36(15-5-25-86-55(70)71)45(105)94-34(13-3-23-84-53(66)67)43(103)92-32(31-101)11-1-21-82-51(62)63/h31-41H,1-30,61H2,(H,92,103)(H,93,102)(H,94,105)(H,95,104)(H,96,107)(H,97,106)(H,98,109)(H,99,108)(H,100,110)(H4,62,63,82)(H4,64,65,83)(H4,66,67,84)(H4,68,69,85)(H4,70,71,86)(H4,72,73,87)(H4,74,75,88)(H4,76,77,89)(H4,78,79,90)(H4,80,81,91)/t32-,33-,34-,35-,36-,37-,38-,39-,40-,41-/m0/s1. The van der Waals surface area contributed by atoms with E-state index >= 15 is 0 Å². The zero-order valence-electron chi connectivity index (χ0n) is 62.2. The lowest BCUT2D eigenvalue weighted by atomic mass is 10.0. The minimum Gasteiger partial charge on any atom is -0.370 e. The number of carbonyl (C=O) groups excluding carboxylic acids is 10. The molecule has 0 saturated heterocycles. The summed E-state index contributed by atoms with van der Waals surface area (Å²) in [6.45, 7) is -0.0859. The second-order valence-electron chi connectivity index (χ2n) is 24.8. The van der Waals surface area contributed by atoms with Crippen molar-refractivity contribution in [2.75, 3.05) is 65.4 Å². The van der Waals surface area contributed by atoms with Crippen molar-refractivity contribution in [2.45, 2.75) is 189 Å². The second kappa shape index (κ2) is 56.8. The maximum atomic E-state index is 15.0. The minimum atomic E-state index is -1.59. The van der Waals surface area contributed by atoms with Crippen LogP contribution >= 0.6 is 0 Å². The SMILES string of the molecule is NC(N)=NCCC[C@@H](C=O)NC(=O)[C@H](CCCN=C(N)N)NC(=O)[C@H](CCCN=C(N)N)NC(=O)[C@H](CCCN=C(N)N)NC(=O)[C@H](CCCN=C(N)N)NC(=O)[C@H](CCCN=C(N)N)NC(=O)[C@H](CCCN=C(N)N)NC(=O)[C@H](CCCN=C(N)N)NC(=O)[C@H](CCCN=C(N)N)NC(=O)[C@@H](N)CCCN=C(N)N. The monoisotopic (exact) mass is 1560 g/mol. The Balaban J connectivity index is 7.96. The van der Waals surface area contributed by atoms with Crippen molar-refractivity contribution in [3.05, 3.63) is 0 Å². The summed E-state index contributed by atoms with van der Waals surface area (Å²) in [5, 5.41) is 23.8. The molecule has 51 N–H and O–H groups in total. The van der Waals surface area contributed by atoms with Gasteiger partial charge >= 0.3 is 0 Å². The molecule has 0 bridgehead atoms. The number of carbonyl (C=O) groups is 10. The van der Waals surface area contributed by atoms with Crippen LogP contribution in [0.2, 0.25) is 0 Å². The number of amides is 9. The minimum absolute atomic E-state index is 0.00123. The molecule has 50 nitrogen and oxygen atoms in total. The molecule has 0 aliphatic carbocycles. The fraction of sp³-hybridized carbons (Fsp3) is 0.667. The zero-order chi connectivity index (χ0) is 83.1. The Kier molecular flexibility index (Phi) is 50.4. The Morgan fingerprint density at radius 3 is 0.500 bits per heavy atom. The summed E-state index contributed by atoms with van der Waals surface area (Å²) in [7, 11) is 0. The quantitative estimate of drug-likeness (QED) is 0.0116. The molecule has 0 aromatic rings. The van der Waals surface area contributed by atoms with Gasteiger partial charge in [-0.15, -0.1) is 0 Å². The van der Waals surface area contributed by atoms with E-state index in [0.29, 0.717) is 12.7 Å². The smallest absolute Gasteiger partial charge is 0.243 e. The van der Waals surface area contributed by atoms with Gasteiger partial charge in [0.2, 0.25) is 53.2 Å². The number of aldehydes is 1. The van der Waals surface area contributed by atoms with E-state index in [1.54, 1.807) is 0 Å². The molecule has 0 aliphatic heterocycles. The van der Waals surface area contributed by atoms with Crippen LogP contribution in [0.4, 0.5) is 0 Å². The number of guanidine groups is 10. The molecule has 0 fully saturated rings. The normalized spacial score (nSPS) is 13.3. The molecule has 0 spiro atoms. The van der Waals surface area contributed by atoms with Gasteiger partial charge in [0.15, 0.2) is 59.6 Å². The predicted molar refractivity (Wildman–Crippen MR) is 421 cm³/mol. The summed E-state index contributed by atoms with van der Waals surface area (Å²) in [5.74, 6) is -10.9. The lowest BCUT2D eigenvalue weighted by Crippen LogP contribution is -2.60. The Morgan fingerprint density at radius 1 is 0.209 bits per heavy atom. The van der Waals surface area contributed by atoms with Crippen molar-refractivity contribution in [1.29, 1.82) is 0 Å². The molecule has 0 aromatic heterocycles. The molecular weight excluding hydrogens is 1440 g/mol. The molecular formula is C60H122N40O10. The third kappa shape index (κ3) is 49.4. The van der Waals surface area contributed by atoms with Crippen molar-refractivity contribution in [3.63, 3.8) is 0 Å². The third-order valence-electron chi connectivity index (χ3n) is 15.4. The van der Waals surface area contributed by atoms with Crippen molar-refractivity contribution in [1.82, 2.24) is 47.9 Å². The first-order valence-electron chi connectivity index (χ1n) is 35.4. The van der Waals surface area contributed by atoms with Crippen LogP contribution in [-0.4, -0.2) is 245 Å². The summed E-state index contributed by atoms with van der Waals surface area (Å²) in [4.78, 5) is 182. The molecule has 9 amide bonds. The van der Waals surface area contributed by atoms with Crippen LogP contribution in [0, 0.1) is 0 Å². The largest absolute Gasteiger partial charge is 0.370 e. The van der Waals surface area contributed by atoms with E-state index in [-0.39, 0.29) is 247 Å². The van der Waals surface area contributed by atoms with Crippen LogP contribution in [0.15, 0.2) is 49.9 Å². The summed E-state index contributed by atoms with van der Waals surface area (Å²) >= 11 is 0. The van der Waals surface area contributed by atoms with Gasteiger partial charge in [-0.2, -0.15) is 0 Å². The number of hydrogen-bond acceptors (Lipinski definition) is 21. The van der Waals surface area contributed by atoms with E-state index in [1.807, 2.05) is 0 Å². The lowest BCUT2D eigenvalue weighted by molar-refractivity contribution is -0.136.